The zero-order valence-electron chi connectivity index (χ0n) is 22.1. The van der Waals surface area contributed by atoms with E-state index in [9.17, 15) is 14.7 Å². The number of amides is 1. The van der Waals surface area contributed by atoms with Gasteiger partial charge in [-0.05, 0) is 30.9 Å². The number of carbonyl (C=O) groups is 2. The number of likely N-dealkylation sites (tertiary alicyclic amines) is 1. The molecule has 0 saturated carbocycles. The molecule has 1 amide bonds. The van der Waals surface area contributed by atoms with E-state index in [1.807, 2.05) is 69.3 Å². The van der Waals surface area contributed by atoms with Crippen LogP contribution in [0.15, 0.2) is 48.5 Å². The second-order valence-electron chi connectivity index (χ2n) is 10.5. The van der Waals surface area contributed by atoms with E-state index in [0.29, 0.717) is 18.0 Å². The summed E-state index contributed by atoms with van der Waals surface area (Å²) in [6.07, 6.45) is -1.01. The van der Waals surface area contributed by atoms with Crippen molar-refractivity contribution in [2.75, 3.05) is 14.2 Å². The molecule has 4 unspecified atom stereocenters. The molecule has 0 aliphatic carbocycles. The average molecular weight is 499 g/mol. The van der Waals surface area contributed by atoms with Crippen LogP contribution in [0.4, 0.5) is 4.79 Å². The molecule has 4 atom stereocenters. The summed E-state index contributed by atoms with van der Waals surface area (Å²) in [4.78, 5) is 27.5. The van der Waals surface area contributed by atoms with Crippen LogP contribution in [0.1, 0.15) is 51.8 Å². The summed E-state index contributed by atoms with van der Waals surface area (Å²) in [5.74, 6) is -0.124. The molecule has 1 heterocycles. The Kier molecular flexibility index (Phi) is 8.51. The number of nitrogens with one attached hydrogen (secondary N) is 1. The largest absolute Gasteiger partial charge is 0.497 e. The molecule has 2 N–H and O–H groups in total. The van der Waals surface area contributed by atoms with Gasteiger partial charge < -0.3 is 24.6 Å². The molecule has 3 rings (SSSR count). The quantitative estimate of drug-likeness (QED) is 0.535. The van der Waals surface area contributed by atoms with Gasteiger partial charge in [-0.3, -0.25) is 4.90 Å². The molecular weight excluding hydrogens is 460 g/mol. The van der Waals surface area contributed by atoms with E-state index in [1.165, 1.54) is 4.90 Å². The van der Waals surface area contributed by atoms with Gasteiger partial charge in [0.15, 0.2) is 0 Å². The van der Waals surface area contributed by atoms with E-state index in [0.717, 1.165) is 11.1 Å². The summed E-state index contributed by atoms with van der Waals surface area (Å²) < 4.78 is 16.4. The SMILES string of the molecule is COc1ccc(CNC2C(c3ccccc3)N(C(=O)OC(C)C)C(C(=O)O)C2C(C)(C)C)c(OC)c1. The van der Waals surface area contributed by atoms with E-state index in [1.54, 1.807) is 28.1 Å². The zero-order valence-corrected chi connectivity index (χ0v) is 22.1. The minimum atomic E-state index is -1.07. The molecule has 0 aromatic heterocycles. The number of carboxylic acids is 1. The summed E-state index contributed by atoms with van der Waals surface area (Å²) in [6, 6.07) is 13.1. The number of ether oxygens (including phenoxy) is 3. The molecule has 0 radical (unpaired) electrons. The Hall–Kier alpha value is -3.26. The Morgan fingerprint density at radius 3 is 2.25 bits per heavy atom. The van der Waals surface area contributed by atoms with Crippen LogP contribution >= 0.6 is 0 Å². The molecule has 0 bridgehead atoms. The van der Waals surface area contributed by atoms with Crippen LogP contribution in [0.25, 0.3) is 0 Å². The van der Waals surface area contributed by atoms with Crippen molar-refractivity contribution in [1.29, 1.82) is 0 Å². The highest BCUT2D eigenvalue weighted by atomic mass is 16.6. The van der Waals surface area contributed by atoms with Crippen molar-refractivity contribution in [3.05, 3.63) is 59.7 Å². The number of benzene rings is 2. The third kappa shape index (κ3) is 5.75. The van der Waals surface area contributed by atoms with Gasteiger partial charge in [0, 0.05) is 30.1 Å². The minimum Gasteiger partial charge on any atom is -0.497 e. The van der Waals surface area contributed by atoms with Gasteiger partial charge in [0.1, 0.15) is 17.5 Å². The highest BCUT2D eigenvalue weighted by Crippen LogP contribution is 2.48. The standard InChI is InChI=1S/C28H38N2O6/c1-17(2)36-27(33)30-24(18-11-9-8-10-12-18)23(22(28(3,4)5)25(30)26(31)32)29-16-19-13-14-20(34-6)15-21(19)35-7/h8-15,17,22-25,29H,16H2,1-7H3,(H,31,32). The summed E-state index contributed by atoms with van der Waals surface area (Å²) in [5, 5.41) is 14.0. The first kappa shape index (κ1) is 27.3. The third-order valence-electron chi connectivity index (χ3n) is 6.63. The second kappa shape index (κ2) is 11.2. The number of hydrogen-bond acceptors (Lipinski definition) is 6. The van der Waals surface area contributed by atoms with Crippen molar-refractivity contribution in [3.63, 3.8) is 0 Å². The van der Waals surface area contributed by atoms with Gasteiger partial charge in [-0.15, -0.1) is 0 Å². The number of hydrogen-bond donors (Lipinski definition) is 2. The molecule has 1 aliphatic rings. The predicted octanol–water partition coefficient (Wildman–Crippen LogP) is 4.88. The second-order valence-corrected chi connectivity index (χ2v) is 10.5. The Balaban J connectivity index is 2.11. The van der Waals surface area contributed by atoms with Crippen molar-refractivity contribution in [2.24, 2.45) is 11.3 Å². The molecule has 196 valence electrons. The Bertz CT molecular complexity index is 1050. The molecule has 0 spiro atoms. The molecule has 1 saturated heterocycles. The number of aliphatic carboxylic acids is 1. The van der Waals surface area contributed by atoms with Crippen molar-refractivity contribution >= 4 is 12.1 Å². The fourth-order valence-corrected chi connectivity index (χ4v) is 5.17. The summed E-state index contributed by atoms with van der Waals surface area (Å²) >= 11 is 0. The van der Waals surface area contributed by atoms with Crippen molar-refractivity contribution < 1.29 is 28.9 Å². The molecule has 2 aromatic rings. The summed E-state index contributed by atoms with van der Waals surface area (Å²) in [7, 11) is 3.20. The summed E-state index contributed by atoms with van der Waals surface area (Å²) in [5.41, 5.74) is 1.30. The van der Waals surface area contributed by atoms with Gasteiger partial charge in [-0.2, -0.15) is 0 Å². The van der Waals surface area contributed by atoms with Crippen LogP contribution in [0.3, 0.4) is 0 Å². The third-order valence-corrected chi connectivity index (χ3v) is 6.63. The fourth-order valence-electron chi connectivity index (χ4n) is 5.17. The number of methoxy groups -OCH3 is 2. The molecule has 8 nitrogen and oxygen atoms in total. The first-order chi connectivity index (χ1) is 17.0. The van der Waals surface area contributed by atoms with E-state index in [4.69, 9.17) is 14.2 Å². The zero-order chi connectivity index (χ0) is 26.6. The van der Waals surface area contributed by atoms with Crippen LogP contribution in [-0.2, 0) is 16.1 Å². The average Bonchev–Trinajstić information content (AvgIpc) is 3.19. The van der Waals surface area contributed by atoms with Gasteiger partial charge >= 0.3 is 12.1 Å². The Labute approximate surface area is 213 Å². The van der Waals surface area contributed by atoms with E-state index in [2.05, 4.69) is 5.32 Å². The maximum Gasteiger partial charge on any atom is 0.411 e. The Morgan fingerprint density at radius 1 is 1.06 bits per heavy atom. The smallest absolute Gasteiger partial charge is 0.411 e. The molecule has 1 aliphatic heterocycles. The highest BCUT2D eigenvalue weighted by Gasteiger charge is 2.58. The van der Waals surface area contributed by atoms with Gasteiger partial charge in [0.25, 0.3) is 0 Å². The topological polar surface area (TPSA) is 97.3 Å². The van der Waals surface area contributed by atoms with Crippen LogP contribution in [0.5, 0.6) is 11.5 Å². The van der Waals surface area contributed by atoms with Crippen LogP contribution in [0.2, 0.25) is 0 Å². The van der Waals surface area contributed by atoms with Crippen LogP contribution in [0, 0.1) is 11.3 Å². The highest BCUT2D eigenvalue weighted by molar-refractivity contribution is 5.82. The lowest BCUT2D eigenvalue weighted by Crippen LogP contribution is -2.48. The van der Waals surface area contributed by atoms with Gasteiger partial charge in [-0.25, -0.2) is 9.59 Å². The summed E-state index contributed by atoms with van der Waals surface area (Å²) in [6.45, 7) is 9.95. The van der Waals surface area contributed by atoms with Crippen LogP contribution < -0.4 is 14.8 Å². The van der Waals surface area contributed by atoms with Crippen LogP contribution in [-0.4, -0.2) is 54.5 Å². The lowest BCUT2D eigenvalue weighted by Gasteiger charge is -2.35. The van der Waals surface area contributed by atoms with Gasteiger partial charge in [0.2, 0.25) is 0 Å². The van der Waals surface area contributed by atoms with E-state index in [-0.39, 0.29) is 12.1 Å². The van der Waals surface area contributed by atoms with Crippen molar-refractivity contribution in [1.82, 2.24) is 10.2 Å². The maximum absolute atomic E-state index is 13.4. The van der Waals surface area contributed by atoms with Gasteiger partial charge in [0.05, 0.1) is 26.4 Å². The van der Waals surface area contributed by atoms with E-state index >= 15 is 0 Å². The first-order valence-electron chi connectivity index (χ1n) is 12.2. The maximum atomic E-state index is 13.4. The molecule has 8 heteroatoms. The first-order valence-corrected chi connectivity index (χ1v) is 12.2. The monoisotopic (exact) mass is 498 g/mol. The molecule has 2 aromatic carbocycles. The minimum absolute atomic E-state index is 0.375. The van der Waals surface area contributed by atoms with Gasteiger partial charge in [-0.1, -0.05) is 57.2 Å². The lowest BCUT2D eigenvalue weighted by molar-refractivity contribution is -0.144. The molecule has 36 heavy (non-hydrogen) atoms. The number of rotatable bonds is 8. The number of carbonyl (C=O) groups excluding carboxylic acids is 1. The Morgan fingerprint density at radius 2 is 1.72 bits per heavy atom. The van der Waals surface area contributed by atoms with E-state index < -0.39 is 35.5 Å². The number of nitrogens with zero attached hydrogens (tertiary/aromatic N) is 1. The number of carboxylic acid groups (broad SMARTS) is 1. The molecular formula is C28H38N2O6. The predicted molar refractivity (Wildman–Crippen MR) is 137 cm³/mol. The van der Waals surface area contributed by atoms with Crippen molar-refractivity contribution in [2.45, 2.75) is 65.4 Å². The van der Waals surface area contributed by atoms with Crippen molar-refractivity contribution in [3.8, 4) is 11.5 Å². The normalized spacial score (nSPS) is 21.9. The molecule has 1 fully saturated rings. The fraction of sp³-hybridized carbons (Fsp3) is 0.500. The lowest BCUT2D eigenvalue weighted by atomic mass is 9.72.